The van der Waals surface area contributed by atoms with Gasteiger partial charge in [0.25, 0.3) is 0 Å². The molecule has 3 aliphatic carbocycles. The van der Waals surface area contributed by atoms with E-state index in [2.05, 4.69) is 106 Å². The smallest absolute Gasteiger partial charge is 0.147 e. The third kappa shape index (κ3) is 4.95. The van der Waals surface area contributed by atoms with Gasteiger partial charge in [-0.05, 0) is 0 Å². The molecule has 0 nitrogen and oxygen atoms in total. The van der Waals surface area contributed by atoms with Gasteiger partial charge in [0.15, 0.2) is 0 Å². The minimum Gasteiger partial charge on any atom is -0.147 e. The van der Waals surface area contributed by atoms with Gasteiger partial charge in [0.1, 0.15) is 0 Å². The molecule has 0 N–H and O–H groups in total. The first kappa shape index (κ1) is 28.1. The summed E-state index contributed by atoms with van der Waals surface area (Å²) in [5.41, 5.74) is 5.01. The quantitative estimate of drug-likeness (QED) is 0.318. The van der Waals surface area contributed by atoms with Gasteiger partial charge in [0.2, 0.25) is 0 Å². The van der Waals surface area contributed by atoms with Gasteiger partial charge in [-0.25, -0.2) is 0 Å². The van der Waals surface area contributed by atoms with Crippen molar-refractivity contribution in [3.05, 3.63) is 80.7 Å². The van der Waals surface area contributed by atoms with Crippen LogP contribution < -0.4 is 0 Å². The van der Waals surface area contributed by atoms with E-state index >= 15 is 0 Å². The number of halogens is 2. The van der Waals surface area contributed by atoms with E-state index in [-0.39, 0.29) is 30.2 Å². The van der Waals surface area contributed by atoms with Crippen molar-refractivity contribution in [1.29, 1.82) is 0 Å². The number of hydrogen-bond acceptors (Lipinski definition) is 0. The predicted octanol–water partition coefficient (Wildman–Crippen LogP) is 8.88. The minimum absolute atomic E-state index is 0. The maximum Gasteiger partial charge on any atom is -0.147 e. The van der Waals surface area contributed by atoms with Crippen LogP contribution in [-0.2, 0) is 24.8 Å². The van der Waals surface area contributed by atoms with Crippen LogP contribution >= 0.6 is 24.8 Å². The second-order valence-corrected chi connectivity index (χ2v) is 38.8. The molecule has 1 aromatic carbocycles. The molecule has 3 aliphatic rings. The molecule has 0 heterocycles. The van der Waals surface area contributed by atoms with Crippen molar-refractivity contribution in [1.82, 2.24) is 0 Å². The molecule has 4 heteroatoms. The molecule has 0 aromatic heterocycles. The van der Waals surface area contributed by atoms with Crippen molar-refractivity contribution in [2.75, 3.05) is 0 Å². The second-order valence-electron chi connectivity index (χ2n) is 11.5. The van der Waals surface area contributed by atoms with Crippen LogP contribution in [0.2, 0.25) is 21.4 Å². The summed E-state index contributed by atoms with van der Waals surface area (Å²) in [6.07, 6.45) is 17.4. The van der Waals surface area contributed by atoms with Gasteiger partial charge in [0.05, 0.1) is 0 Å². The van der Waals surface area contributed by atoms with Gasteiger partial charge >= 0.3 is 191 Å². The Kier molecular flexibility index (Phi) is 9.34. The first-order valence-electron chi connectivity index (χ1n) is 12.0. The first-order valence-corrected chi connectivity index (χ1v) is 24.2. The fraction of sp³-hybridized carbons (Fsp3) is 0.500. The van der Waals surface area contributed by atoms with Gasteiger partial charge in [-0.15, -0.1) is 24.8 Å². The molecule has 0 radical (unpaired) electrons. The molecular formula is C28H42Cl2SiZr. The van der Waals surface area contributed by atoms with Crippen LogP contribution in [0.15, 0.2) is 69.6 Å². The largest absolute Gasteiger partial charge is 0.147 e. The Labute approximate surface area is 214 Å². The molecule has 5 atom stereocenters. The summed E-state index contributed by atoms with van der Waals surface area (Å²) in [7, 11) is 0. The zero-order valence-electron chi connectivity index (χ0n) is 20.9. The molecule has 4 rings (SSSR count). The Bertz CT molecular complexity index is 920. The van der Waals surface area contributed by atoms with E-state index < -0.39 is 25.4 Å². The zero-order valence-corrected chi connectivity index (χ0v) is 26.1. The molecule has 5 unspecified atom stereocenters. The van der Waals surface area contributed by atoms with E-state index in [9.17, 15) is 0 Å². The van der Waals surface area contributed by atoms with Crippen molar-refractivity contribution < 1.29 is 19.4 Å². The molecule has 1 aromatic rings. The number of hydrogen-bond donors (Lipinski definition) is 0. The second kappa shape index (κ2) is 10.6. The van der Waals surface area contributed by atoms with Crippen LogP contribution in [0, 0.1) is 11.8 Å². The summed E-state index contributed by atoms with van der Waals surface area (Å²) in [5, 5.41) is 0. The molecular weight excluding hydrogens is 527 g/mol. The maximum absolute atomic E-state index is 2.82. The fourth-order valence-corrected chi connectivity index (χ4v) is 32.2. The van der Waals surface area contributed by atoms with Gasteiger partial charge in [-0.2, -0.15) is 0 Å². The molecule has 1 saturated carbocycles. The van der Waals surface area contributed by atoms with Gasteiger partial charge < -0.3 is 0 Å². The van der Waals surface area contributed by atoms with E-state index in [0.29, 0.717) is 11.8 Å². The molecule has 0 aliphatic heterocycles. The van der Waals surface area contributed by atoms with Crippen LogP contribution in [0.25, 0.3) is 0 Å². The predicted molar refractivity (Wildman–Crippen MR) is 147 cm³/mol. The fourth-order valence-electron chi connectivity index (χ4n) is 6.50. The van der Waals surface area contributed by atoms with Crippen LogP contribution in [0.3, 0.4) is 0 Å². The van der Waals surface area contributed by atoms with E-state index in [4.69, 9.17) is 0 Å². The molecule has 0 spiro atoms. The monoisotopic (exact) mass is 566 g/mol. The first-order chi connectivity index (χ1) is 14.1. The summed E-state index contributed by atoms with van der Waals surface area (Å²) in [5.74, 6) is 1.43. The summed E-state index contributed by atoms with van der Waals surface area (Å²) < 4.78 is 5.63. The van der Waals surface area contributed by atoms with Crippen molar-refractivity contribution in [2.24, 2.45) is 11.8 Å². The SMILES string of the molecule is CC1CC2C(=CC=CC2c2ccc(C(C)(C)C)cc2)[CH]1[Zr]([CH3])([C]1=CC=CC1)[SiH](C)C.Cl.Cl. The third-order valence-electron chi connectivity index (χ3n) is 8.49. The molecule has 0 amide bonds. The molecule has 32 heavy (non-hydrogen) atoms. The van der Waals surface area contributed by atoms with E-state index in [1.807, 2.05) is 8.85 Å². The molecule has 0 saturated heterocycles. The van der Waals surface area contributed by atoms with Crippen LogP contribution in [0.1, 0.15) is 57.6 Å². The summed E-state index contributed by atoms with van der Waals surface area (Å²) in [6, 6.07) is 9.58. The van der Waals surface area contributed by atoms with Crippen LogP contribution in [0.4, 0.5) is 0 Å². The van der Waals surface area contributed by atoms with Gasteiger partial charge in [-0.3, -0.25) is 0 Å². The summed E-state index contributed by atoms with van der Waals surface area (Å²) in [6.45, 7) is 14.8. The van der Waals surface area contributed by atoms with Crippen molar-refractivity contribution in [2.45, 2.75) is 73.2 Å². The average Bonchev–Trinajstić information content (AvgIpc) is 3.34. The summed E-state index contributed by atoms with van der Waals surface area (Å²) >= 11 is -2.40. The van der Waals surface area contributed by atoms with Crippen LogP contribution in [0.5, 0.6) is 0 Å². The summed E-state index contributed by atoms with van der Waals surface area (Å²) in [4.78, 5) is 0. The molecule has 176 valence electrons. The zero-order chi connectivity index (χ0) is 21.7. The number of fused-ring (bicyclic) bond motifs is 1. The van der Waals surface area contributed by atoms with Crippen molar-refractivity contribution in [3.63, 3.8) is 0 Å². The Morgan fingerprint density at radius 3 is 2.16 bits per heavy atom. The van der Waals surface area contributed by atoms with E-state index in [0.717, 1.165) is 9.54 Å². The Hall–Kier alpha value is -0.140. The number of rotatable bonds is 4. The normalized spacial score (nSPS) is 28.4. The minimum atomic E-state index is -2.40. The van der Waals surface area contributed by atoms with Gasteiger partial charge in [0, 0.05) is 0 Å². The standard InChI is InChI=1S/C20H25.C5H5.C2H7Si.CH3.2ClH.Zr/c1-14-12-16-6-5-7-18(19(16)13-14)15-8-10-17(11-9-15)20(2,3)4;1-2-4-5-3-1;1-3-2;;;;/h5-12,14,18-19H,13H2,1-4H3;1-3H,4H2;3H,1-2H3;1H3;2*1H;. The van der Waals surface area contributed by atoms with E-state index in [1.165, 1.54) is 24.0 Å². The Morgan fingerprint density at radius 2 is 1.62 bits per heavy atom. The van der Waals surface area contributed by atoms with Crippen molar-refractivity contribution >= 4 is 30.7 Å². The topological polar surface area (TPSA) is 0 Å². The van der Waals surface area contributed by atoms with E-state index in [1.54, 1.807) is 0 Å². The van der Waals surface area contributed by atoms with Crippen molar-refractivity contribution in [3.8, 4) is 0 Å². The maximum atomic E-state index is 2.82. The average molecular weight is 569 g/mol. The number of allylic oxidation sites excluding steroid dienone is 8. The van der Waals surface area contributed by atoms with Crippen LogP contribution in [-0.4, -0.2) is 5.92 Å². The molecule has 1 fully saturated rings. The number of benzene rings is 1. The Morgan fingerprint density at radius 1 is 0.969 bits per heavy atom. The Balaban J connectivity index is 0.00000181. The van der Waals surface area contributed by atoms with Gasteiger partial charge in [-0.1, -0.05) is 0 Å². The third-order valence-corrected chi connectivity index (χ3v) is 42.6. The molecule has 0 bridgehead atoms.